The van der Waals surface area contributed by atoms with Gasteiger partial charge in [-0.3, -0.25) is 9.59 Å². The van der Waals surface area contributed by atoms with Gasteiger partial charge in [0.05, 0.1) is 10.2 Å². The smallest absolute Gasteiger partial charge is 0.454 e. The van der Waals surface area contributed by atoms with Crippen LogP contribution in [0.25, 0.3) is 26.6 Å². The van der Waals surface area contributed by atoms with E-state index in [0.717, 1.165) is 15.8 Å². The van der Waals surface area contributed by atoms with Crippen LogP contribution in [0.4, 0.5) is 0 Å². The molecule has 0 amide bonds. The first-order chi connectivity index (χ1) is 15.1. The second-order valence-electron chi connectivity index (χ2n) is 7.28. The monoisotopic (exact) mass is 454 g/mol. The predicted molar refractivity (Wildman–Crippen MR) is 116 cm³/mol. The van der Waals surface area contributed by atoms with Crippen molar-refractivity contribution in [3.05, 3.63) is 80.5 Å². The molecule has 3 aromatic rings. The van der Waals surface area contributed by atoms with Crippen molar-refractivity contribution in [1.82, 2.24) is 19.3 Å². The number of benzene rings is 2. The molecule has 0 fully saturated rings. The van der Waals surface area contributed by atoms with Crippen LogP contribution in [0.15, 0.2) is 58.1 Å². The molecule has 0 saturated heterocycles. The van der Waals surface area contributed by atoms with E-state index in [9.17, 15) is 9.59 Å². The zero-order valence-corrected chi connectivity index (χ0v) is 20.2. The second-order valence-corrected chi connectivity index (χ2v) is 8.29. The zero-order valence-electron chi connectivity index (χ0n) is 17.4. The van der Waals surface area contributed by atoms with Crippen LogP contribution in [0.5, 0.6) is 11.5 Å². The minimum atomic E-state index is -0.286. The summed E-state index contributed by atoms with van der Waals surface area (Å²) in [6, 6.07) is 14.6. The average Bonchev–Trinajstić information content (AvgIpc) is 3.47. The Balaban J connectivity index is 0.00000216. The largest absolute Gasteiger partial charge is 1.00 e. The number of hydrogen-bond donors (Lipinski definition) is 0. The van der Waals surface area contributed by atoms with Crippen LogP contribution in [0.1, 0.15) is 11.3 Å². The molecule has 1 aromatic heterocycles. The maximum atomic E-state index is 13.2. The molecular weight excluding hydrogens is 439 g/mol. The summed E-state index contributed by atoms with van der Waals surface area (Å²) in [5.74, 6) is 1.33. The molecule has 0 bridgehead atoms. The zero-order chi connectivity index (χ0) is 21.1. The Bertz CT molecular complexity index is 1530. The first-order valence-electron chi connectivity index (χ1n) is 9.63. The molecule has 4 heterocycles. The second kappa shape index (κ2) is 7.93. The molecule has 10 heteroatoms. The third-order valence-corrected chi connectivity index (χ3v) is 6.42. The van der Waals surface area contributed by atoms with Crippen LogP contribution in [0.3, 0.4) is 0 Å². The van der Waals surface area contributed by atoms with Gasteiger partial charge in [0.2, 0.25) is 17.5 Å². The molecule has 0 unspecified atom stereocenters. The normalized spacial score (nSPS) is 12.4. The molecular formula is C22H15N4NaO4S. The molecule has 0 spiro atoms. The van der Waals surface area contributed by atoms with Crippen LogP contribution >= 0.6 is 11.3 Å². The van der Waals surface area contributed by atoms with Crippen molar-refractivity contribution in [2.24, 2.45) is 0 Å². The minimum Gasteiger partial charge on any atom is -0.454 e. The molecule has 0 N–H and O–H groups in total. The fourth-order valence-corrected chi connectivity index (χ4v) is 4.77. The van der Waals surface area contributed by atoms with Crippen molar-refractivity contribution in [2.45, 2.75) is 13.5 Å². The number of nitrogens with zero attached hydrogens (tertiary/aromatic N) is 4. The van der Waals surface area contributed by atoms with E-state index >= 15 is 0 Å². The molecule has 0 aliphatic carbocycles. The molecule has 0 atom stereocenters. The van der Waals surface area contributed by atoms with Crippen molar-refractivity contribution in [3.8, 4) is 27.9 Å². The molecule has 2 aromatic carbocycles. The van der Waals surface area contributed by atoms with Crippen molar-refractivity contribution in [1.29, 1.82) is 0 Å². The molecule has 3 aliphatic rings. The van der Waals surface area contributed by atoms with Gasteiger partial charge in [-0.2, -0.15) is 4.68 Å². The summed E-state index contributed by atoms with van der Waals surface area (Å²) < 4.78 is 14.6. The summed E-state index contributed by atoms with van der Waals surface area (Å²) >= 11 is 1.39. The molecule has 0 saturated carbocycles. The Kier molecular flexibility index (Phi) is 5.21. The number of rotatable bonds is 3. The molecule has 3 aliphatic heterocycles. The van der Waals surface area contributed by atoms with Crippen molar-refractivity contribution < 1.29 is 39.0 Å². The summed E-state index contributed by atoms with van der Waals surface area (Å²) in [6.45, 7) is 2.26. The number of thiazole rings is 1. The van der Waals surface area contributed by atoms with Gasteiger partial charge in [0.1, 0.15) is 0 Å². The number of aromatic nitrogens is 4. The Morgan fingerprint density at radius 3 is 2.78 bits per heavy atom. The summed E-state index contributed by atoms with van der Waals surface area (Å²) in [6.07, 6.45) is 0. The standard InChI is InChI=1S/C22H15N4O4S.Na/c1-12-20-15(24-26(21(20)28)22-23-14-4-2-3-5-18(14)31-22)9-19(27)25(12)10-13-6-7-16-17(8-13)30-11-29-16;/h2-9H,10-11H2,1H3;/q-1;+1. The van der Waals surface area contributed by atoms with E-state index in [1.807, 2.05) is 42.5 Å². The Morgan fingerprint density at radius 2 is 1.94 bits per heavy atom. The maximum Gasteiger partial charge on any atom is 1.00 e. The fourth-order valence-electron chi connectivity index (χ4n) is 3.85. The number of ether oxygens (including phenoxy) is 2. The minimum absolute atomic E-state index is 0. The first-order valence-corrected chi connectivity index (χ1v) is 10.4. The van der Waals surface area contributed by atoms with Crippen molar-refractivity contribution in [2.75, 3.05) is 6.79 Å². The molecule has 32 heavy (non-hydrogen) atoms. The van der Waals surface area contributed by atoms with Gasteiger partial charge in [-0.1, -0.05) is 40.8 Å². The topological polar surface area (TPSA) is 88.2 Å². The average molecular weight is 454 g/mol. The van der Waals surface area contributed by atoms with Crippen molar-refractivity contribution in [3.63, 3.8) is 0 Å². The van der Waals surface area contributed by atoms with Crippen LogP contribution < -0.4 is 50.1 Å². The molecule has 154 valence electrons. The number of pyridine rings is 1. The fraction of sp³-hybridized carbons (Fsp3) is 0.136. The van der Waals surface area contributed by atoms with E-state index < -0.39 is 0 Å². The molecule has 6 rings (SSSR count). The first kappa shape index (κ1) is 21.0. The van der Waals surface area contributed by atoms with Crippen LogP contribution in [-0.4, -0.2) is 26.1 Å². The van der Waals surface area contributed by atoms with E-state index in [1.165, 1.54) is 22.1 Å². The van der Waals surface area contributed by atoms with Gasteiger partial charge in [0.25, 0.3) is 0 Å². The maximum absolute atomic E-state index is 13.2. The summed E-state index contributed by atoms with van der Waals surface area (Å²) in [5, 5.41) is 4.88. The van der Waals surface area contributed by atoms with Crippen LogP contribution in [0, 0.1) is 6.92 Å². The quantitative estimate of drug-likeness (QED) is 0.280. The Labute approximate surface area is 207 Å². The Morgan fingerprint density at radius 1 is 1.12 bits per heavy atom. The van der Waals surface area contributed by atoms with Gasteiger partial charge in [-0.15, -0.1) is 6.07 Å². The number of fused-ring (bicyclic) bond motifs is 3. The van der Waals surface area contributed by atoms with Crippen molar-refractivity contribution >= 4 is 21.6 Å². The van der Waals surface area contributed by atoms with E-state index in [0.29, 0.717) is 40.1 Å². The van der Waals surface area contributed by atoms with Crippen LogP contribution in [-0.2, 0) is 6.54 Å². The number of hydrogen-bond acceptors (Lipinski definition) is 7. The van der Waals surface area contributed by atoms with E-state index in [4.69, 9.17) is 9.47 Å². The van der Waals surface area contributed by atoms with Gasteiger partial charge in [-0.05, 0) is 42.4 Å². The van der Waals surface area contributed by atoms with E-state index in [-0.39, 0.29) is 47.5 Å². The van der Waals surface area contributed by atoms with E-state index in [2.05, 4.69) is 10.1 Å². The van der Waals surface area contributed by atoms with Gasteiger partial charge in [0, 0.05) is 6.54 Å². The number of para-hydroxylation sites is 1. The van der Waals surface area contributed by atoms with Gasteiger partial charge < -0.3 is 14.0 Å². The van der Waals surface area contributed by atoms with Crippen LogP contribution in [0.2, 0.25) is 0 Å². The SMILES string of the molecule is Cc1c2c(=O)n(-c3nc4ccccc4s3)nc-2[cH-]c(=O)n1Cc1ccc2c(c1)OCO2.[Na+]. The third kappa shape index (κ3) is 3.29. The van der Waals surface area contributed by atoms with Gasteiger partial charge in [0.15, 0.2) is 17.1 Å². The molecule has 8 nitrogen and oxygen atoms in total. The van der Waals surface area contributed by atoms with E-state index in [1.54, 1.807) is 11.5 Å². The summed E-state index contributed by atoms with van der Waals surface area (Å²) in [4.78, 5) is 30.6. The third-order valence-electron chi connectivity index (χ3n) is 5.40. The molecule has 0 radical (unpaired) electrons. The summed E-state index contributed by atoms with van der Waals surface area (Å²) in [5.41, 5.74) is 2.52. The van der Waals surface area contributed by atoms with Gasteiger partial charge in [-0.25, -0.2) is 10.1 Å². The predicted octanol–water partition coefficient (Wildman–Crippen LogP) is -0.0830. The van der Waals surface area contributed by atoms with Gasteiger partial charge >= 0.3 is 29.6 Å². The summed E-state index contributed by atoms with van der Waals surface area (Å²) in [7, 11) is 0. The Hall–Kier alpha value is -2.85.